The Labute approximate surface area is 196 Å². The molecule has 170 valence electrons. The first-order valence-electron chi connectivity index (χ1n) is 10.9. The lowest BCUT2D eigenvalue weighted by atomic mass is 10.2. The van der Waals surface area contributed by atoms with Crippen LogP contribution in [0.3, 0.4) is 0 Å². The van der Waals surface area contributed by atoms with E-state index in [1.807, 2.05) is 39.0 Å². The van der Waals surface area contributed by atoms with Gasteiger partial charge in [-0.3, -0.25) is 14.2 Å². The quantitative estimate of drug-likeness (QED) is 0.238. The molecule has 0 atom stereocenters. The van der Waals surface area contributed by atoms with E-state index >= 15 is 0 Å². The molecule has 4 aromatic rings. The number of aryl methyl sites for hydroxylation is 2. The topological polar surface area (TPSA) is 77.1 Å². The van der Waals surface area contributed by atoms with Gasteiger partial charge in [0.05, 0.1) is 16.7 Å². The van der Waals surface area contributed by atoms with Crippen molar-refractivity contribution in [2.24, 2.45) is 0 Å². The van der Waals surface area contributed by atoms with Gasteiger partial charge in [-0.1, -0.05) is 41.6 Å². The fourth-order valence-corrected chi connectivity index (χ4v) is 4.94. The van der Waals surface area contributed by atoms with Crippen molar-refractivity contribution < 1.29 is 9.90 Å². The number of benzene rings is 2. The van der Waals surface area contributed by atoms with Gasteiger partial charge in [-0.15, -0.1) is 0 Å². The number of fused-ring (bicyclic) bond motifs is 1. The van der Waals surface area contributed by atoms with Crippen LogP contribution in [0.5, 0.6) is 0 Å². The first-order valence-corrected chi connectivity index (χ1v) is 11.9. The van der Waals surface area contributed by atoms with Gasteiger partial charge in [-0.05, 0) is 57.5 Å². The fraction of sp³-hybridized carbons (Fsp3) is 0.269. The zero-order chi connectivity index (χ0) is 23.5. The van der Waals surface area contributed by atoms with E-state index in [0.717, 1.165) is 17.1 Å². The summed E-state index contributed by atoms with van der Waals surface area (Å²) in [6.07, 6.45) is 0.444. The van der Waals surface area contributed by atoms with Crippen LogP contribution in [0.1, 0.15) is 33.7 Å². The molecule has 0 saturated carbocycles. The standard InChI is InChI=1S/C26H27N3O3S/c1-17-9-11-20(12-10-17)29-18(2)15-22(19(29)3)24(31)16-33-26-27-23-8-5-4-7-21(23)25(32)28(26)13-6-14-30/h4-5,7-12,15,30H,6,13-14,16H2,1-3H3. The van der Waals surface area contributed by atoms with Crippen molar-refractivity contribution in [3.63, 3.8) is 0 Å². The van der Waals surface area contributed by atoms with Crippen LogP contribution >= 0.6 is 11.8 Å². The van der Waals surface area contributed by atoms with Gasteiger partial charge in [0.25, 0.3) is 5.56 Å². The van der Waals surface area contributed by atoms with Crippen LogP contribution in [0, 0.1) is 20.8 Å². The number of hydrogen-bond acceptors (Lipinski definition) is 5. The SMILES string of the molecule is Cc1ccc(-n2c(C)cc(C(=O)CSc3nc4ccccc4c(=O)n3CCCO)c2C)cc1. The summed E-state index contributed by atoms with van der Waals surface area (Å²) in [7, 11) is 0. The lowest BCUT2D eigenvalue weighted by Gasteiger charge is -2.12. The summed E-state index contributed by atoms with van der Waals surface area (Å²) < 4.78 is 3.65. The van der Waals surface area contributed by atoms with E-state index in [0.29, 0.717) is 34.6 Å². The number of thioether (sulfide) groups is 1. The molecule has 0 bridgehead atoms. The van der Waals surface area contributed by atoms with E-state index in [4.69, 9.17) is 0 Å². The molecule has 0 saturated heterocycles. The highest BCUT2D eigenvalue weighted by Gasteiger charge is 2.19. The Bertz CT molecular complexity index is 1370. The molecule has 0 aliphatic rings. The lowest BCUT2D eigenvalue weighted by molar-refractivity contribution is 0.102. The second-order valence-electron chi connectivity index (χ2n) is 8.11. The highest BCUT2D eigenvalue weighted by Crippen LogP contribution is 2.25. The molecule has 0 unspecified atom stereocenters. The summed E-state index contributed by atoms with van der Waals surface area (Å²) in [6, 6.07) is 17.3. The normalized spacial score (nSPS) is 11.3. The zero-order valence-corrected chi connectivity index (χ0v) is 19.9. The maximum absolute atomic E-state index is 13.2. The summed E-state index contributed by atoms with van der Waals surface area (Å²) in [4.78, 5) is 30.8. The number of aromatic nitrogens is 3. The third kappa shape index (κ3) is 4.65. The highest BCUT2D eigenvalue weighted by atomic mass is 32.2. The Kier molecular flexibility index (Phi) is 6.81. The third-order valence-corrected chi connectivity index (χ3v) is 6.70. The number of nitrogens with zero attached hydrogens (tertiary/aromatic N) is 3. The van der Waals surface area contributed by atoms with E-state index in [1.54, 1.807) is 16.7 Å². The predicted octanol–water partition coefficient (Wildman–Crippen LogP) is 4.47. The Morgan fingerprint density at radius 2 is 1.79 bits per heavy atom. The average molecular weight is 462 g/mol. The zero-order valence-electron chi connectivity index (χ0n) is 19.0. The van der Waals surface area contributed by atoms with Crippen LogP contribution in [0.25, 0.3) is 16.6 Å². The molecule has 33 heavy (non-hydrogen) atoms. The van der Waals surface area contributed by atoms with Gasteiger partial charge in [0.15, 0.2) is 10.9 Å². The van der Waals surface area contributed by atoms with Crippen molar-refractivity contribution in [3.05, 3.63) is 87.5 Å². The van der Waals surface area contributed by atoms with Crippen molar-refractivity contribution in [1.29, 1.82) is 0 Å². The van der Waals surface area contributed by atoms with Crippen LogP contribution < -0.4 is 5.56 Å². The summed E-state index contributed by atoms with van der Waals surface area (Å²) in [5.41, 5.74) is 5.22. The molecular formula is C26H27N3O3S. The molecule has 7 heteroatoms. The van der Waals surface area contributed by atoms with E-state index in [9.17, 15) is 14.7 Å². The van der Waals surface area contributed by atoms with E-state index in [2.05, 4.69) is 33.8 Å². The van der Waals surface area contributed by atoms with Crippen LogP contribution in [-0.4, -0.2) is 37.4 Å². The molecule has 2 aromatic carbocycles. The maximum atomic E-state index is 13.2. The van der Waals surface area contributed by atoms with Crippen LogP contribution in [0.2, 0.25) is 0 Å². The van der Waals surface area contributed by atoms with Gasteiger partial charge < -0.3 is 9.67 Å². The number of para-hydroxylation sites is 1. The number of Topliss-reactive ketones (excluding diaryl/α,β-unsaturated/α-hetero) is 1. The number of rotatable bonds is 8. The molecule has 0 aliphatic carbocycles. The Morgan fingerprint density at radius 3 is 2.52 bits per heavy atom. The molecule has 0 fully saturated rings. The highest BCUT2D eigenvalue weighted by molar-refractivity contribution is 7.99. The number of aliphatic hydroxyl groups is 1. The van der Waals surface area contributed by atoms with Crippen LogP contribution in [0.15, 0.2) is 64.5 Å². The minimum Gasteiger partial charge on any atom is -0.396 e. The molecular weight excluding hydrogens is 434 g/mol. The molecule has 0 aliphatic heterocycles. The Balaban J connectivity index is 1.62. The van der Waals surface area contributed by atoms with Crippen LogP contribution in [-0.2, 0) is 6.54 Å². The van der Waals surface area contributed by atoms with Crippen molar-refractivity contribution in [2.45, 2.75) is 38.9 Å². The van der Waals surface area contributed by atoms with Gasteiger partial charge in [0, 0.05) is 35.8 Å². The van der Waals surface area contributed by atoms with E-state index in [1.165, 1.54) is 17.3 Å². The fourth-order valence-electron chi connectivity index (χ4n) is 4.03. The molecule has 0 spiro atoms. The van der Waals surface area contributed by atoms with Gasteiger partial charge in [0.1, 0.15) is 0 Å². The molecule has 4 rings (SSSR count). The minimum atomic E-state index is -0.151. The smallest absolute Gasteiger partial charge is 0.262 e. The summed E-state index contributed by atoms with van der Waals surface area (Å²) in [6.45, 7) is 6.33. The summed E-state index contributed by atoms with van der Waals surface area (Å²) in [5.74, 6) is 0.157. The first kappa shape index (κ1) is 23.0. The van der Waals surface area contributed by atoms with Gasteiger partial charge >= 0.3 is 0 Å². The average Bonchev–Trinajstić information content (AvgIpc) is 3.11. The van der Waals surface area contributed by atoms with Crippen molar-refractivity contribution in [1.82, 2.24) is 14.1 Å². The monoisotopic (exact) mass is 461 g/mol. The molecule has 0 amide bonds. The number of carbonyl (C=O) groups is 1. The second kappa shape index (κ2) is 9.77. The molecule has 2 aromatic heterocycles. The van der Waals surface area contributed by atoms with E-state index in [-0.39, 0.29) is 23.7 Å². The number of ketones is 1. The maximum Gasteiger partial charge on any atom is 0.262 e. The first-order chi connectivity index (χ1) is 15.9. The molecule has 0 radical (unpaired) electrons. The second-order valence-corrected chi connectivity index (χ2v) is 9.06. The van der Waals surface area contributed by atoms with Crippen LogP contribution in [0.4, 0.5) is 0 Å². The molecule has 6 nitrogen and oxygen atoms in total. The Morgan fingerprint density at radius 1 is 1.06 bits per heavy atom. The molecule has 1 N–H and O–H groups in total. The van der Waals surface area contributed by atoms with Gasteiger partial charge in [-0.2, -0.15) is 0 Å². The summed E-state index contributed by atoms with van der Waals surface area (Å²) in [5, 5.41) is 10.3. The number of hydrogen-bond donors (Lipinski definition) is 1. The Hall–Kier alpha value is -3.16. The third-order valence-electron chi connectivity index (χ3n) is 5.72. The number of aliphatic hydroxyl groups excluding tert-OH is 1. The van der Waals surface area contributed by atoms with Gasteiger partial charge in [0.2, 0.25) is 0 Å². The van der Waals surface area contributed by atoms with Crippen molar-refractivity contribution in [2.75, 3.05) is 12.4 Å². The predicted molar refractivity (Wildman–Crippen MR) is 133 cm³/mol. The number of carbonyl (C=O) groups excluding carboxylic acids is 1. The molecule has 2 heterocycles. The minimum absolute atomic E-state index is 0.0115. The lowest BCUT2D eigenvalue weighted by Crippen LogP contribution is -2.24. The summed E-state index contributed by atoms with van der Waals surface area (Å²) >= 11 is 1.26. The largest absolute Gasteiger partial charge is 0.396 e. The van der Waals surface area contributed by atoms with Gasteiger partial charge in [-0.25, -0.2) is 4.98 Å². The van der Waals surface area contributed by atoms with Crippen molar-refractivity contribution in [3.8, 4) is 5.69 Å². The van der Waals surface area contributed by atoms with Crippen molar-refractivity contribution >= 4 is 28.4 Å². The van der Waals surface area contributed by atoms with E-state index < -0.39 is 0 Å².